The van der Waals surface area contributed by atoms with Gasteiger partial charge in [-0.15, -0.1) is 0 Å². The first kappa shape index (κ1) is 23.0. The third kappa shape index (κ3) is 3.03. The number of nitrogens with zero attached hydrogens (tertiary/aromatic N) is 1. The molecule has 178 valence electrons. The van der Waals surface area contributed by atoms with E-state index < -0.39 is 0 Å². The smallest absolute Gasteiger partial charge is 0.164 e. The summed E-state index contributed by atoms with van der Waals surface area (Å²) in [6.07, 6.45) is 13.5. The van der Waals surface area contributed by atoms with E-state index in [1.165, 1.54) is 25.7 Å². The fourth-order valence-corrected chi connectivity index (χ4v) is 9.87. The summed E-state index contributed by atoms with van der Waals surface area (Å²) >= 11 is 0. The molecule has 7 atom stereocenters. The van der Waals surface area contributed by atoms with E-state index >= 15 is 0 Å². The summed E-state index contributed by atoms with van der Waals surface area (Å²) in [5.41, 5.74) is 2.20. The molecule has 0 aliphatic heterocycles. The Morgan fingerprint density at radius 2 is 1.73 bits per heavy atom. The third-order valence-corrected chi connectivity index (χ3v) is 11.5. The van der Waals surface area contributed by atoms with Crippen LogP contribution in [0, 0.1) is 45.3 Å². The number of pyridine rings is 1. The molecule has 4 saturated carbocycles. The van der Waals surface area contributed by atoms with Crippen LogP contribution in [0.15, 0.2) is 30.1 Å². The Morgan fingerprint density at radius 1 is 1.00 bits per heavy atom. The first-order chi connectivity index (χ1) is 15.4. The molecule has 3 heteroatoms. The molecule has 0 amide bonds. The highest BCUT2D eigenvalue weighted by Crippen LogP contribution is 2.75. The van der Waals surface area contributed by atoms with Gasteiger partial charge in [-0.1, -0.05) is 40.7 Å². The van der Waals surface area contributed by atoms with Crippen molar-refractivity contribution < 1.29 is 9.59 Å². The number of aromatic nitrogens is 1. The summed E-state index contributed by atoms with van der Waals surface area (Å²) in [7, 11) is 0. The Hall–Kier alpha value is -1.77. The highest BCUT2D eigenvalue weighted by atomic mass is 16.1. The standard InChI is InChI=1S/C30H41NO2/c1-19(32)22-11-13-29(5)23(22)9-10-25-28(4)17-21(16-20-8-7-15-31-18-20)26(33)27(2,3)24(28)12-14-30(25,29)6/h7-8,15-16,18,22-25H,9-14,17H2,1-6H3/b21-16-/t22-,23-,24+,25-,28+,29-,30-/m1/s1. The number of rotatable bonds is 2. The van der Waals surface area contributed by atoms with Crippen molar-refractivity contribution in [2.24, 2.45) is 45.3 Å². The minimum atomic E-state index is -0.349. The van der Waals surface area contributed by atoms with Crippen LogP contribution in [-0.2, 0) is 9.59 Å². The second kappa shape index (κ2) is 7.36. The lowest BCUT2D eigenvalue weighted by Gasteiger charge is -2.69. The van der Waals surface area contributed by atoms with E-state index in [0.717, 1.165) is 30.4 Å². The van der Waals surface area contributed by atoms with Crippen molar-refractivity contribution in [3.8, 4) is 0 Å². The van der Waals surface area contributed by atoms with Gasteiger partial charge in [-0.2, -0.15) is 0 Å². The van der Waals surface area contributed by atoms with E-state index in [-0.39, 0.29) is 27.6 Å². The Labute approximate surface area is 199 Å². The molecule has 0 bridgehead atoms. The van der Waals surface area contributed by atoms with Crippen molar-refractivity contribution >= 4 is 17.6 Å². The molecule has 1 aromatic heterocycles. The Morgan fingerprint density at radius 3 is 2.39 bits per heavy atom. The van der Waals surface area contributed by atoms with Crippen LogP contribution in [0.4, 0.5) is 0 Å². The third-order valence-electron chi connectivity index (χ3n) is 11.5. The zero-order valence-electron chi connectivity index (χ0n) is 21.4. The molecular formula is C30H41NO2. The SMILES string of the molecule is CC(=O)[C@H]1CC[C@]2(C)[C@@H]1CC[C@@H]1[C@@]3(C)C/C(=C/c4cccnc4)C(=O)C(C)(C)[C@@H]3CC[C@]12C. The van der Waals surface area contributed by atoms with Gasteiger partial charge in [0.25, 0.3) is 0 Å². The molecule has 1 aromatic rings. The van der Waals surface area contributed by atoms with Gasteiger partial charge in [0.05, 0.1) is 0 Å². The Kier molecular flexibility index (Phi) is 5.13. The molecule has 0 unspecified atom stereocenters. The maximum atomic E-state index is 13.7. The topological polar surface area (TPSA) is 47.0 Å². The quantitative estimate of drug-likeness (QED) is 0.462. The number of allylic oxidation sites excluding steroid dienone is 1. The van der Waals surface area contributed by atoms with Gasteiger partial charge in [0.1, 0.15) is 5.78 Å². The van der Waals surface area contributed by atoms with E-state index in [0.29, 0.717) is 29.3 Å². The van der Waals surface area contributed by atoms with Crippen LogP contribution in [0.25, 0.3) is 6.08 Å². The van der Waals surface area contributed by atoms with Gasteiger partial charge in [0, 0.05) is 23.7 Å². The Balaban J connectivity index is 1.57. The normalized spacial score (nSPS) is 45.3. The molecule has 4 aliphatic rings. The number of ketones is 2. The van der Waals surface area contributed by atoms with Crippen LogP contribution < -0.4 is 0 Å². The molecule has 1 heterocycles. The highest BCUT2D eigenvalue weighted by Gasteiger charge is 2.69. The van der Waals surface area contributed by atoms with Crippen molar-refractivity contribution in [1.29, 1.82) is 0 Å². The fraction of sp³-hybridized carbons (Fsp3) is 0.700. The van der Waals surface area contributed by atoms with Gasteiger partial charge in [-0.25, -0.2) is 0 Å². The fourth-order valence-electron chi connectivity index (χ4n) is 9.87. The number of fused-ring (bicyclic) bond motifs is 5. The maximum Gasteiger partial charge on any atom is 0.164 e. The molecule has 0 N–H and O–H groups in total. The van der Waals surface area contributed by atoms with Crippen LogP contribution in [0.2, 0.25) is 0 Å². The molecular weight excluding hydrogens is 406 g/mol. The van der Waals surface area contributed by atoms with E-state index in [1.807, 2.05) is 25.3 Å². The maximum absolute atomic E-state index is 13.7. The van der Waals surface area contributed by atoms with Crippen LogP contribution in [0.5, 0.6) is 0 Å². The summed E-state index contributed by atoms with van der Waals surface area (Å²) < 4.78 is 0. The van der Waals surface area contributed by atoms with Gasteiger partial charge in [-0.05, 0) is 109 Å². The predicted molar refractivity (Wildman–Crippen MR) is 132 cm³/mol. The van der Waals surface area contributed by atoms with Crippen LogP contribution in [0.1, 0.15) is 92.1 Å². The van der Waals surface area contributed by atoms with E-state index in [4.69, 9.17) is 0 Å². The van der Waals surface area contributed by atoms with E-state index in [1.54, 1.807) is 6.20 Å². The van der Waals surface area contributed by atoms with Crippen molar-refractivity contribution in [3.63, 3.8) is 0 Å². The van der Waals surface area contributed by atoms with Crippen molar-refractivity contribution in [2.45, 2.75) is 86.5 Å². The van der Waals surface area contributed by atoms with Gasteiger partial charge in [-0.3, -0.25) is 14.6 Å². The first-order valence-electron chi connectivity index (χ1n) is 13.1. The summed E-state index contributed by atoms with van der Waals surface area (Å²) in [4.78, 5) is 30.5. The highest BCUT2D eigenvalue weighted by molar-refractivity contribution is 6.04. The number of hydrogen-bond acceptors (Lipinski definition) is 3. The molecule has 0 radical (unpaired) electrons. The molecule has 4 aliphatic carbocycles. The summed E-state index contributed by atoms with van der Waals surface area (Å²) in [5.74, 6) is 2.50. The first-order valence-corrected chi connectivity index (χ1v) is 13.1. The monoisotopic (exact) mass is 447 g/mol. The zero-order valence-corrected chi connectivity index (χ0v) is 21.4. The van der Waals surface area contributed by atoms with E-state index in [9.17, 15) is 9.59 Å². The second-order valence-corrected chi connectivity index (χ2v) is 13.1. The number of Topliss-reactive ketones (excluding diaryl/α,β-unsaturated/α-hetero) is 2. The molecule has 5 rings (SSSR count). The lowest BCUT2D eigenvalue weighted by molar-refractivity contribution is -0.196. The minimum Gasteiger partial charge on any atom is -0.300 e. The Bertz CT molecular complexity index is 1010. The lowest BCUT2D eigenvalue weighted by atomic mass is 9.35. The number of hydrogen-bond donors (Lipinski definition) is 0. The minimum absolute atomic E-state index is 0.0980. The van der Waals surface area contributed by atoms with Gasteiger partial charge in [0.15, 0.2) is 5.78 Å². The molecule has 0 saturated heterocycles. The zero-order chi connectivity index (χ0) is 23.8. The second-order valence-electron chi connectivity index (χ2n) is 13.1. The van der Waals surface area contributed by atoms with Crippen LogP contribution >= 0.6 is 0 Å². The average molecular weight is 448 g/mol. The largest absolute Gasteiger partial charge is 0.300 e. The van der Waals surface area contributed by atoms with E-state index in [2.05, 4.69) is 45.7 Å². The molecule has 0 spiro atoms. The van der Waals surface area contributed by atoms with Gasteiger partial charge < -0.3 is 0 Å². The van der Waals surface area contributed by atoms with Crippen LogP contribution in [0.3, 0.4) is 0 Å². The van der Waals surface area contributed by atoms with Crippen molar-refractivity contribution in [2.75, 3.05) is 0 Å². The molecule has 0 aromatic carbocycles. The number of carbonyl (C=O) groups excluding carboxylic acids is 2. The summed E-state index contributed by atoms with van der Waals surface area (Å²) in [6, 6.07) is 3.99. The predicted octanol–water partition coefficient (Wildman–Crippen LogP) is 6.92. The van der Waals surface area contributed by atoms with Gasteiger partial charge in [0.2, 0.25) is 0 Å². The van der Waals surface area contributed by atoms with Crippen LogP contribution in [-0.4, -0.2) is 16.6 Å². The lowest BCUT2D eigenvalue weighted by Crippen LogP contribution is -2.63. The number of carbonyl (C=O) groups is 2. The van der Waals surface area contributed by atoms with Gasteiger partial charge >= 0.3 is 0 Å². The molecule has 33 heavy (non-hydrogen) atoms. The molecule has 4 fully saturated rings. The summed E-state index contributed by atoms with van der Waals surface area (Å²) in [5, 5.41) is 0. The van der Waals surface area contributed by atoms with Crippen molar-refractivity contribution in [3.05, 3.63) is 35.7 Å². The average Bonchev–Trinajstić information content (AvgIpc) is 3.11. The summed E-state index contributed by atoms with van der Waals surface area (Å²) in [6.45, 7) is 13.8. The van der Waals surface area contributed by atoms with Crippen molar-refractivity contribution in [1.82, 2.24) is 4.98 Å². The molecule has 3 nitrogen and oxygen atoms in total.